The predicted molar refractivity (Wildman–Crippen MR) is 44.5 cm³/mol. The summed E-state index contributed by atoms with van der Waals surface area (Å²) in [5, 5.41) is 0.181. The van der Waals surface area contributed by atoms with Crippen molar-refractivity contribution in [2.45, 2.75) is 0 Å². The molecule has 0 heterocycles. The largest absolute Gasteiger partial charge is 0.461 e. The third-order valence-electron chi connectivity index (χ3n) is 0.591. The second-order valence-electron chi connectivity index (χ2n) is 1.31. The van der Waals surface area contributed by atoms with E-state index < -0.39 is 0 Å². The number of alkyl halides is 1. The fourth-order valence-electron chi connectivity index (χ4n) is 0.236. The smallest absolute Gasteiger partial charge is 0.316 e. The Kier molecular flexibility index (Phi) is 6.17. The maximum absolute atomic E-state index is 10.4. The summed E-state index contributed by atoms with van der Waals surface area (Å²) in [4.78, 5) is 10.4. The summed E-state index contributed by atoms with van der Waals surface area (Å²) in [6, 6.07) is 0. The molecule has 0 saturated carbocycles. The van der Waals surface area contributed by atoms with E-state index >= 15 is 0 Å². The summed E-state index contributed by atoms with van der Waals surface area (Å²) in [6.45, 7) is 0.118. The quantitative estimate of drug-likeness (QED) is 0.565. The van der Waals surface area contributed by atoms with Crippen LogP contribution in [0, 0.1) is 0 Å². The summed E-state index contributed by atoms with van der Waals surface area (Å²) >= 11 is 13.4. The van der Waals surface area contributed by atoms with Crippen LogP contribution in [0.15, 0.2) is 10.6 Å². The molecule has 0 fully saturated rings. The zero-order valence-corrected chi connectivity index (χ0v) is 8.04. The van der Waals surface area contributed by atoms with E-state index in [2.05, 4.69) is 20.7 Å². The number of hydrogen-bond donors (Lipinski definition) is 0. The molecule has 0 atom stereocenters. The lowest BCUT2D eigenvalue weighted by Crippen LogP contribution is -2.04. The number of carbonyl (C=O) groups is 1. The Labute approximate surface area is 77.3 Å². The lowest BCUT2D eigenvalue weighted by Gasteiger charge is -1.95. The van der Waals surface area contributed by atoms with Crippen LogP contribution >= 0.6 is 39.1 Å². The highest BCUT2D eigenvalue weighted by molar-refractivity contribution is 9.09. The second kappa shape index (κ2) is 6.01. The lowest BCUT2D eigenvalue weighted by molar-refractivity contribution is -0.139. The third kappa shape index (κ3) is 6.39. The summed E-state index contributed by atoms with van der Waals surface area (Å²) in [5.74, 6) is -0.342. The summed E-state index contributed by atoms with van der Waals surface area (Å²) in [6.07, 6.45) is 1.39. The molecule has 0 unspecified atom stereocenters. The highest BCUT2D eigenvalue weighted by Gasteiger charge is 1.95. The first-order valence-electron chi connectivity index (χ1n) is 2.39. The van der Waals surface area contributed by atoms with Gasteiger partial charge in [-0.2, -0.15) is 0 Å². The van der Waals surface area contributed by atoms with Gasteiger partial charge in [-0.25, -0.2) is 0 Å². The molecule has 0 rings (SSSR count). The van der Waals surface area contributed by atoms with Crippen molar-refractivity contribution in [3.05, 3.63) is 10.6 Å². The molecule has 5 heteroatoms. The fraction of sp³-hybridized carbons (Fsp3) is 0.400. The van der Waals surface area contributed by atoms with Gasteiger partial charge in [0.1, 0.15) is 16.4 Å². The predicted octanol–water partition coefficient (Wildman–Crippen LogP) is 2.24. The number of carbonyl (C=O) groups excluding carboxylic acids is 1. The van der Waals surface area contributed by atoms with Crippen molar-refractivity contribution in [1.82, 2.24) is 0 Å². The average molecular weight is 248 g/mol. The highest BCUT2D eigenvalue weighted by atomic mass is 79.9. The van der Waals surface area contributed by atoms with Gasteiger partial charge >= 0.3 is 5.97 Å². The van der Waals surface area contributed by atoms with E-state index in [1.807, 2.05) is 0 Å². The average Bonchev–Trinajstić information content (AvgIpc) is 1.87. The van der Waals surface area contributed by atoms with Gasteiger partial charge in [0.2, 0.25) is 0 Å². The number of hydrogen-bond acceptors (Lipinski definition) is 2. The SMILES string of the molecule is O=C(CBr)OCC=C(Cl)Cl. The Morgan fingerprint density at radius 3 is 2.60 bits per heavy atom. The molecule has 2 nitrogen and oxygen atoms in total. The Balaban J connectivity index is 3.37. The molecule has 0 aliphatic heterocycles. The molecular weight excluding hydrogens is 243 g/mol. The van der Waals surface area contributed by atoms with Gasteiger partial charge in [-0.15, -0.1) is 0 Å². The summed E-state index contributed by atoms with van der Waals surface area (Å²) < 4.78 is 4.67. The first-order valence-corrected chi connectivity index (χ1v) is 4.27. The van der Waals surface area contributed by atoms with Crippen molar-refractivity contribution in [3.8, 4) is 0 Å². The van der Waals surface area contributed by atoms with E-state index in [-0.39, 0.29) is 22.4 Å². The van der Waals surface area contributed by atoms with Crippen molar-refractivity contribution < 1.29 is 9.53 Å². The van der Waals surface area contributed by atoms with E-state index in [4.69, 9.17) is 23.2 Å². The molecule has 0 saturated heterocycles. The van der Waals surface area contributed by atoms with Gasteiger partial charge in [-0.3, -0.25) is 4.79 Å². The lowest BCUT2D eigenvalue weighted by atomic mass is 10.7. The minimum atomic E-state index is -0.342. The van der Waals surface area contributed by atoms with Gasteiger partial charge in [0.15, 0.2) is 0 Å². The highest BCUT2D eigenvalue weighted by Crippen LogP contribution is 2.05. The molecule has 0 radical (unpaired) electrons. The van der Waals surface area contributed by atoms with Gasteiger partial charge in [-0.1, -0.05) is 39.1 Å². The second-order valence-corrected chi connectivity index (χ2v) is 2.88. The number of rotatable bonds is 3. The van der Waals surface area contributed by atoms with Gasteiger partial charge in [0.05, 0.1) is 0 Å². The van der Waals surface area contributed by atoms with Crippen molar-refractivity contribution in [2.75, 3.05) is 11.9 Å². The molecule has 58 valence electrons. The van der Waals surface area contributed by atoms with Crippen LogP contribution in [0.3, 0.4) is 0 Å². The molecule has 0 aromatic rings. The molecule has 0 aromatic carbocycles. The normalized spacial score (nSPS) is 8.70. The Bertz CT molecular complexity index is 143. The van der Waals surface area contributed by atoms with Crippen LogP contribution in [0.1, 0.15) is 0 Å². The molecule has 0 N–H and O–H groups in total. The van der Waals surface area contributed by atoms with Gasteiger partial charge in [0, 0.05) is 0 Å². The van der Waals surface area contributed by atoms with Gasteiger partial charge < -0.3 is 4.74 Å². The zero-order chi connectivity index (χ0) is 7.98. The Morgan fingerprint density at radius 1 is 1.60 bits per heavy atom. The van der Waals surface area contributed by atoms with Crippen LogP contribution in [-0.4, -0.2) is 17.9 Å². The standard InChI is InChI=1S/C5H5BrCl2O2/c6-3-5(9)10-2-1-4(7)8/h1H,2-3H2. The topological polar surface area (TPSA) is 26.3 Å². The van der Waals surface area contributed by atoms with Crippen molar-refractivity contribution in [1.29, 1.82) is 0 Å². The van der Waals surface area contributed by atoms with E-state index in [1.54, 1.807) is 0 Å². The van der Waals surface area contributed by atoms with E-state index in [1.165, 1.54) is 6.08 Å². The molecule has 0 spiro atoms. The number of halogens is 3. The minimum Gasteiger partial charge on any atom is -0.461 e. The first kappa shape index (κ1) is 10.3. The van der Waals surface area contributed by atoms with Crippen molar-refractivity contribution >= 4 is 45.1 Å². The van der Waals surface area contributed by atoms with Crippen LogP contribution in [0.4, 0.5) is 0 Å². The Morgan fingerprint density at radius 2 is 2.20 bits per heavy atom. The molecule has 0 aliphatic carbocycles. The van der Waals surface area contributed by atoms with E-state index in [9.17, 15) is 4.79 Å². The van der Waals surface area contributed by atoms with Crippen LogP contribution in [-0.2, 0) is 9.53 Å². The maximum atomic E-state index is 10.4. The number of esters is 1. The molecule has 0 amide bonds. The molecule has 10 heavy (non-hydrogen) atoms. The van der Waals surface area contributed by atoms with Crippen LogP contribution < -0.4 is 0 Å². The van der Waals surface area contributed by atoms with Crippen molar-refractivity contribution in [3.63, 3.8) is 0 Å². The summed E-state index contributed by atoms with van der Waals surface area (Å²) in [5.41, 5.74) is 0. The van der Waals surface area contributed by atoms with Crippen LogP contribution in [0.2, 0.25) is 0 Å². The molecular formula is C5H5BrCl2O2. The van der Waals surface area contributed by atoms with Gasteiger partial charge in [0.25, 0.3) is 0 Å². The fourth-order valence-corrected chi connectivity index (χ4v) is 0.524. The monoisotopic (exact) mass is 246 g/mol. The Hall–Kier alpha value is 0.270. The zero-order valence-electron chi connectivity index (χ0n) is 4.94. The molecule has 0 aliphatic rings. The minimum absolute atomic E-state index is 0.0994. The van der Waals surface area contributed by atoms with Crippen molar-refractivity contribution in [2.24, 2.45) is 0 Å². The van der Waals surface area contributed by atoms with Gasteiger partial charge in [-0.05, 0) is 6.08 Å². The molecule has 0 bridgehead atoms. The first-order chi connectivity index (χ1) is 4.66. The van der Waals surface area contributed by atoms with E-state index in [0.717, 1.165) is 0 Å². The summed E-state index contributed by atoms with van der Waals surface area (Å²) in [7, 11) is 0. The van der Waals surface area contributed by atoms with Crippen LogP contribution in [0.25, 0.3) is 0 Å². The maximum Gasteiger partial charge on any atom is 0.316 e. The van der Waals surface area contributed by atoms with E-state index in [0.29, 0.717) is 0 Å². The molecule has 0 aromatic heterocycles. The number of ether oxygens (including phenoxy) is 1. The third-order valence-corrected chi connectivity index (χ3v) is 1.36. The van der Waals surface area contributed by atoms with Crippen LogP contribution in [0.5, 0.6) is 0 Å².